The van der Waals surface area contributed by atoms with Gasteiger partial charge in [-0.2, -0.15) is 4.31 Å². The number of sulfonamides is 1. The van der Waals surface area contributed by atoms with Crippen LogP contribution >= 0.6 is 39.1 Å². The van der Waals surface area contributed by atoms with Crippen LogP contribution in [0, 0.1) is 0 Å². The van der Waals surface area contributed by atoms with E-state index in [0.717, 1.165) is 25.0 Å². The van der Waals surface area contributed by atoms with Gasteiger partial charge in [0.2, 0.25) is 10.0 Å². The largest absolute Gasteiger partial charge is 0.300 e. The van der Waals surface area contributed by atoms with Crippen LogP contribution < -0.4 is 0 Å². The van der Waals surface area contributed by atoms with Crippen LogP contribution in [0.4, 0.5) is 0 Å². The lowest BCUT2D eigenvalue weighted by Crippen LogP contribution is -2.49. The van der Waals surface area contributed by atoms with E-state index in [0.29, 0.717) is 18.1 Å². The molecular weight excluding hydrogens is 387 g/mol. The molecule has 1 aromatic carbocycles. The molecule has 20 heavy (non-hydrogen) atoms. The van der Waals surface area contributed by atoms with E-state index in [1.807, 2.05) is 0 Å². The van der Waals surface area contributed by atoms with E-state index < -0.39 is 10.0 Å². The summed E-state index contributed by atoms with van der Waals surface area (Å²) in [7, 11) is -3.58. The summed E-state index contributed by atoms with van der Waals surface area (Å²) < 4.78 is 26.6. The van der Waals surface area contributed by atoms with Crippen LogP contribution in [-0.4, -0.2) is 55.7 Å². The second-order valence-electron chi connectivity index (χ2n) is 4.51. The first-order valence-electron chi connectivity index (χ1n) is 6.18. The highest BCUT2D eigenvalue weighted by Gasteiger charge is 2.30. The molecule has 0 aromatic heterocycles. The molecule has 0 spiro atoms. The lowest BCUT2D eigenvalue weighted by atomic mass is 10.4. The maximum atomic E-state index is 12.6. The predicted octanol–water partition coefficient (Wildman–Crippen LogP) is 2.69. The maximum absolute atomic E-state index is 12.6. The number of piperazine rings is 1. The van der Waals surface area contributed by atoms with Crippen LogP contribution in [0.3, 0.4) is 0 Å². The monoisotopic (exact) mass is 400 g/mol. The van der Waals surface area contributed by atoms with Crippen LogP contribution in [0.2, 0.25) is 10.0 Å². The summed E-state index contributed by atoms with van der Waals surface area (Å²) in [4.78, 5) is 2.31. The Morgan fingerprint density at radius 2 is 1.80 bits per heavy atom. The fraction of sp³-hybridized carbons (Fsp3) is 0.500. The average molecular weight is 402 g/mol. The number of hydrogen-bond acceptors (Lipinski definition) is 3. The molecule has 0 N–H and O–H groups in total. The highest BCUT2D eigenvalue weighted by Crippen LogP contribution is 2.28. The summed E-state index contributed by atoms with van der Waals surface area (Å²) in [5, 5.41) is 1.46. The molecule has 1 fully saturated rings. The third-order valence-electron chi connectivity index (χ3n) is 3.24. The minimum atomic E-state index is -3.58. The van der Waals surface area contributed by atoms with Crippen molar-refractivity contribution in [2.75, 3.05) is 38.1 Å². The van der Waals surface area contributed by atoms with Gasteiger partial charge in [-0.05, 0) is 18.2 Å². The molecule has 0 amide bonds. The number of benzene rings is 1. The Bertz CT molecular complexity index is 575. The van der Waals surface area contributed by atoms with E-state index in [1.165, 1.54) is 16.4 Å². The van der Waals surface area contributed by atoms with Crippen molar-refractivity contribution in [2.24, 2.45) is 0 Å². The summed E-state index contributed by atoms with van der Waals surface area (Å²) in [5.74, 6) is 0. The number of alkyl halides is 1. The fourth-order valence-electron chi connectivity index (χ4n) is 2.13. The van der Waals surface area contributed by atoms with Crippen LogP contribution in [0.5, 0.6) is 0 Å². The Balaban J connectivity index is 2.18. The Morgan fingerprint density at radius 3 is 2.40 bits per heavy atom. The summed E-state index contributed by atoms with van der Waals surface area (Å²) in [6.45, 7) is 3.31. The van der Waals surface area contributed by atoms with Gasteiger partial charge in [0, 0.05) is 43.1 Å². The lowest BCUT2D eigenvalue weighted by molar-refractivity contribution is 0.198. The van der Waals surface area contributed by atoms with E-state index >= 15 is 0 Å². The van der Waals surface area contributed by atoms with Crippen molar-refractivity contribution in [3.63, 3.8) is 0 Å². The Hall–Kier alpha value is 0.150. The van der Waals surface area contributed by atoms with Crippen molar-refractivity contribution in [3.8, 4) is 0 Å². The zero-order chi connectivity index (χ0) is 14.8. The molecule has 112 valence electrons. The molecule has 4 nitrogen and oxygen atoms in total. The zero-order valence-corrected chi connectivity index (χ0v) is 14.6. The number of hydrogen-bond donors (Lipinski definition) is 0. The first-order valence-corrected chi connectivity index (χ1v) is 9.50. The van der Waals surface area contributed by atoms with Crippen LogP contribution in [0.25, 0.3) is 0 Å². The first kappa shape index (κ1) is 16.5. The number of nitrogens with zero attached hydrogens (tertiary/aromatic N) is 2. The highest BCUT2D eigenvalue weighted by atomic mass is 79.9. The van der Waals surface area contributed by atoms with Crippen LogP contribution in [-0.2, 0) is 10.0 Å². The van der Waals surface area contributed by atoms with Gasteiger partial charge in [-0.25, -0.2) is 8.42 Å². The second-order valence-corrected chi connectivity index (χ2v) is 8.05. The van der Waals surface area contributed by atoms with Gasteiger partial charge in [-0.1, -0.05) is 39.1 Å². The molecule has 0 atom stereocenters. The smallest absolute Gasteiger partial charge is 0.244 e. The third-order valence-corrected chi connectivity index (χ3v) is 6.21. The van der Waals surface area contributed by atoms with Crippen LogP contribution in [0.1, 0.15) is 0 Å². The van der Waals surface area contributed by atoms with E-state index in [-0.39, 0.29) is 9.92 Å². The first-order chi connectivity index (χ1) is 9.45. The van der Waals surface area contributed by atoms with E-state index in [1.54, 1.807) is 6.07 Å². The normalized spacial score (nSPS) is 18.4. The topological polar surface area (TPSA) is 40.6 Å². The second kappa shape index (κ2) is 6.94. The van der Waals surface area contributed by atoms with Crippen molar-refractivity contribution >= 4 is 49.2 Å². The molecule has 1 aliphatic heterocycles. The summed E-state index contributed by atoms with van der Waals surface area (Å²) in [6.07, 6.45) is 0. The maximum Gasteiger partial charge on any atom is 0.244 e. The van der Waals surface area contributed by atoms with Gasteiger partial charge in [0.15, 0.2) is 0 Å². The van der Waals surface area contributed by atoms with Gasteiger partial charge >= 0.3 is 0 Å². The van der Waals surface area contributed by atoms with Crippen molar-refractivity contribution in [1.82, 2.24) is 9.21 Å². The number of halogens is 3. The fourth-order valence-corrected chi connectivity index (χ4v) is 4.79. The van der Waals surface area contributed by atoms with Gasteiger partial charge in [-0.3, -0.25) is 4.90 Å². The van der Waals surface area contributed by atoms with Crippen LogP contribution in [0.15, 0.2) is 23.1 Å². The van der Waals surface area contributed by atoms with Gasteiger partial charge in [-0.15, -0.1) is 0 Å². The van der Waals surface area contributed by atoms with E-state index in [4.69, 9.17) is 23.2 Å². The average Bonchev–Trinajstić information content (AvgIpc) is 2.42. The van der Waals surface area contributed by atoms with E-state index in [9.17, 15) is 8.42 Å². The minimum Gasteiger partial charge on any atom is -0.300 e. The van der Waals surface area contributed by atoms with Gasteiger partial charge in [0.05, 0.1) is 5.02 Å². The molecule has 0 bridgehead atoms. The molecule has 1 heterocycles. The molecule has 1 aromatic rings. The molecule has 0 saturated carbocycles. The molecule has 1 saturated heterocycles. The van der Waals surface area contributed by atoms with E-state index in [2.05, 4.69) is 20.8 Å². The summed E-state index contributed by atoms with van der Waals surface area (Å²) in [5.41, 5.74) is 0. The zero-order valence-electron chi connectivity index (χ0n) is 10.7. The molecule has 1 aliphatic rings. The van der Waals surface area contributed by atoms with Crippen molar-refractivity contribution in [1.29, 1.82) is 0 Å². The molecule has 0 aliphatic carbocycles. The minimum absolute atomic E-state index is 0.0839. The van der Waals surface area contributed by atoms with Gasteiger partial charge in [0.1, 0.15) is 4.90 Å². The Morgan fingerprint density at radius 1 is 1.15 bits per heavy atom. The Labute approximate surface area is 137 Å². The number of rotatable bonds is 4. The molecule has 8 heteroatoms. The van der Waals surface area contributed by atoms with Gasteiger partial charge in [0.25, 0.3) is 0 Å². The third kappa shape index (κ3) is 3.67. The van der Waals surface area contributed by atoms with Gasteiger partial charge < -0.3 is 0 Å². The van der Waals surface area contributed by atoms with Crippen molar-refractivity contribution < 1.29 is 8.42 Å². The SMILES string of the molecule is O=S(=O)(c1cc(Cl)ccc1Cl)N1CCN(CCBr)CC1. The molecule has 0 radical (unpaired) electrons. The molecule has 0 unspecified atom stereocenters. The summed E-state index contributed by atoms with van der Waals surface area (Å²) in [6, 6.07) is 4.50. The van der Waals surface area contributed by atoms with Crippen molar-refractivity contribution in [3.05, 3.63) is 28.2 Å². The predicted molar refractivity (Wildman–Crippen MR) is 85.5 cm³/mol. The Kier molecular flexibility index (Phi) is 5.73. The summed E-state index contributed by atoms with van der Waals surface area (Å²) >= 11 is 15.3. The molecular formula is C12H15BrCl2N2O2S. The molecule has 2 rings (SSSR count). The van der Waals surface area contributed by atoms with Crippen molar-refractivity contribution in [2.45, 2.75) is 4.90 Å². The standard InChI is InChI=1S/C12H15BrCl2N2O2S/c13-3-4-16-5-7-17(8-6-16)20(18,19)12-9-10(14)1-2-11(12)15/h1-2,9H,3-8H2. The quantitative estimate of drug-likeness (QED) is 0.728. The highest BCUT2D eigenvalue weighted by molar-refractivity contribution is 9.09. The lowest BCUT2D eigenvalue weighted by Gasteiger charge is -2.33.